The molecule has 2 aromatic rings. The van der Waals surface area contributed by atoms with Crippen LogP contribution in [0.15, 0.2) is 42.9 Å². The van der Waals surface area contributed by atoms with Gasteiger partial charge in [-0.05, 0) is 42.9 Å². The molecule has 2 heterocycles. The van der Waals surface area contributed by atoms with E-state index in [1.54, 1.807) is 12.4 Å². The lowest BCUT2D eigenvalue weighted by atomic mass is 9.86. The second-order valence-corrected chi connectivity index (χ2v) is 6.76. The van der Waals surface area contributed by atoms with E-state index in [1.165, 1.54) is 6.20 Å². The molecule has 0 spiro atoms. The van der Waals surface area contributed by atoms with Crippen LogP contribution in [0.1, 0.15) is 28.9 Å². The number of carbonyl (C=O) groups excluding carboxylic acids is 1. The largest absolute Gasteiger partial charge is 0.483 e. The first kappa shape index (κ1) is 20.8. The van der Waals surface area contributed by atoms with Gasteiger partial charge in [-0.25, -0.2) is 4.98 Å². The fourth-order valence-corrected chi connectivity index (χ4v) is 3.42. The number of likely N-dealkylation sites (tertiary alicyclic amines) is 1. The number of nitrogens with zero attached hydrogens (tertiary/aromatic N) is 3. The van der Waals surface area contributed by atoms with Crippen LogP contribution in [-0.4, -0.2) is 51.5 Å². The first-order chi connectivity index (χ1) is 13.0. The molecule has 1 amide bonds. The van der Waals surface area contributed by atoms with Gasteiger partial charge in [0, 0.05) is 36.5 Å². The third-order valence-electron chi connectivity index (χ3n) is 4.58. The lowest BCUT2D eigenvalue weighted by Crippen LogP contribution is -2.44. The molecule has 0 radical (unpaired) electrons. The molecule has 1 aliphatic rings. The summed E-state index contributed by atoms with van der Waals surface area (Å²) >= 11 is 6.03. The second-order valence-electron chi connectivity index (χ2n) is 6.32. The molecule has 1 aromatic carbocycles. The molecule has 1 aliphatic heterocycles. The van der Waals surface area contributed by atoms with Crippen molar-refractivity contribution < 1.29 is 14.7 Å². The van der Waals surface area contributed by atoms with E-state index in [-0.39, 0.29) is 18.4 Å². The van der Waals surface area contributed by atoms with Crippen molar-refractivity contribution in [1.29, 1.82) is 0 Å². The van der Waals surface area contributed by atoms with E-state index in [1.807, 2.05) is 23.1 Å². The van der Waals surface area contributed by atoms with Gasteiger partial charge in [-0.2, -0.15) is 0 Å². The van der Waals surface area contributed by atoms with Crippen molar-refractivity contribution in [2.45, 2.75) is 25.3 Å². The number of carbonyl (C=O) groups is 2. The number of amides is 1. The fourth-order valence-electron chi connectivity index (χ4n) is 3.21. The SMILES string of the molecule is NC(Cc1cccc(Cl)c1)C1CCN(C(=O)c2cnccn2)CC1.O=CO. The Morgan fingerprint density at radius 2 is 2.07 bits per heavy atom. The normalized spacial score (nSPS) is 15.4. The molecule has 0 saturated carbocycles. The first-order valence-electron chi connectivity index (χ1n) is 8.68. The average Bonchev–Trinajstić information content (AvgIpc) is 2.69. The van der Waals surface area contributed by atoms with Crippen molar-refractivity contribution in [2.75, 3.05) is 13.1 Å². The average molecular weight is 391 g/mol. The summed E-state index contributed by atoms with van der Waals surface area (Å²) in [5.41, 5.74) is 7.96. The number of hydrogen-bond donors (Lipinski definition) is 2. The zero-order valence-electron chi connectivity index (χ0n) is 14.9. The number of rotatable bonds is 4. The van der Waals surface area contributed by atoms with Crippen LogP contribution in [0, 0.1) is 5.92 Å². The second kappa shape index (κ2) is 10.6. The van der Waals surface area contributed by atoms with Crippen molar-refractivity contribution >= 4 is 24.0 Å². The van der Waals surface area contributed by atoms with Crippen molar-refractivity contribution in [3.8, 4) is 0 Å². The maximum atomic E-state index is 12.4. The number of piperidine rings is 1. The number of nitrogens with two attached hydrogens (primary N) is 1. The van der Waals surface area contributed by atoms with Crippen LogP contribution < -0.4 is 5.73 Å². The van der Waals surface area contributed by atoms with E-state index in [9.17, 15) is 4.79 Å². The van der Waals surface area contributed by atoms with E-state index in [4.69, 9.17) is 27.2 Å². The maximum absolute atomic E-state index is 12.4. The number of hydrogen-bond acceptors (Lipinski definition) is 5. The summed E-state index contributed by atoms with van der Waals surface area (Å²) in [6.45, 7) is 1.17. The van der Waals surface area contributed by atoms with E-state index in [0.717, 1.165) is 29.8 Å². The van der Waals surface area contributed by atoms with Gasteiger partial charge >= 0.3 is 0 Å². The molecule has 1 saturated heterocycles. The predicted octanol–water partition coefficient (Wildman–Crippen LogP) is 2.25. The van der Waals surface area contributed by atoms with Gasteiger partial charge in [0.1, 0.15) is 5.69 Å². The maximum Gasteiger partial charge on any atom is 0.290 e. The minimum atomic E-state index is -0.250. The highest BCUT2D eigenvalue weighted by molar-refractivity contribution is 6.30. The molecule has 8 heteroatoms. The highest BCUT2D eigenvalue weighted by atomic mass is 35.5. The van der Waals surface area contributed by atoms with Gasteiger partial charge in [0.05, 0.1) is 6.20 Å². The summed E-state index contributed by atoms with van der Waals surface area (Å²) in [5, 5.41) is 7.63. The lowest BCUT2D eigenvalue weighted by molar-refractivity contribution is -0.122. The van der Waals surface area contributed by atoms with Crippen LogP contribution in [0.4, 0.5) is 0 Å². The first-order valence-corrected chi connectivity index (χ1v) is 9.06. The number of aromatic nitrogens is 2. The molecule has 3 N–H and O–H groups in total. The third-order valence-corrected chi connectivity index (χ3v) is 4.81. The summed E-state index contributed by atoms with van der Waals surface area (Å²) in [7, 11) is 0. The van der Waals surface area contributed by atoms with Gasteiger partial charge in [-0.3, -0.25) is 14.6 Å². The molecule has 0 bridgehead atoms. The van der Waals surface area contributed by atoms with Crippen molar-refractivity contribution in [2.24, 2.45) is 11.7 Å². The third kappa shape index (κ3) is 6.30. The Morgan fingerprint density at radius 1 is 1.37 bits per heavy atom. The Balaban J connectivity index is 0.000000817. The van der Waals surface area contributed by atoms with Crippen molar-refractivity contribution in [3.05, 3.63) is 59.1 Å². The Labute approximate surface area is 163 Å². The van der Waals surface area contributed by atoms with Gasteiger partial charge in [-0.15, -0.1) is 0 Å². The summed E-state index contributed by atoms with van der Waals surface area (Å²) < 4.78 is 0. The minimum Gasteiger partial charge on any atom is -0.483 e. The molecular weight excluding hydrogens is 368 g/mol. The molecule has 27 heavy (non-hydrogen) atoms. The van der Waals surface area contributed by atoms with E-state index in [2.05, 4.69) is 16.0 Å². The molecule has 0 aliphatic carbocycles. The summed E-state index contributed by atoms with van der Waals surface area (Å²) in [6, 6.07) is 7.92. The van der Waals surface area contributed by atoms with Crippen LogP contribution in [0.5, 0.6) is 0 Å². The number of halogens is 1. The quantitative estimate of drug-likeness (QED) is 0.775. The van der Waals surface area contributed by atoms with Crippen LogP contribution in [0.25, 0.3) is 0 Å². The van der Waals surface area contributed by atoms with Crippen molar-refractivity contribution in [1.82, 2.24) is 14.9 Å². The van der Waals surface area contributed by atoms with Gasteiger partial charge in [0.25, 0.3) is 12.4 Å². The van der Waals surface area contributed by atoms with E-state index >= 15 is 0 Å². The summed E-state index contributed by atoms with van der Waals surface area (Å²) in [6.07, 6.45) is 7.25. The standard InChI is InChI=1S/C18H21ClN4O.CH2O2/c19-15-3-1-2-13(10-15)11-16(20)14-4-8-23(9-5-14)18(24)17-12-21-6-7-22-17;2-1-3/h1-3,6-7,10,12,14,16H,4-5,8-9,11,20H2;1H,(H,2,3). The Hall–Kier alpha value is -2.51. The fraction of sp³-hybridized carbons (Fsp3) is 0.368. The van der Waals surface area contributed by atoms with Crippen LogP contribution in [0.3, 0.4) is 0 Å². The highest BCUT2D eigenvalue weighted by Crippen LogP contribution is 2.23. The van der Waals surface area contributed by atoms with Gasteiger partial charge in [0.2, 0.25) is 0 Å². The van der Waals surface area contributed by atoms with E-state index in [0.29, 0.717) is 24.7 Å². The summed E-state index contributed by atoms with van der Waals surface area (Å²) in [5.74, 6) is 0.361. The molecule has 1 fully saturated rings. The molecular formula is C19H23ClN4O3. The Kier molecular flexibility index (Phi) is 8.16. The van der Waals surface area contributed by atoms with Crippen molar-refractivity contribution in [3.63, 3.8) is 0 Å². The van der Waals surface area contributed by atoms with Crippen LogP contribution in [0.2, 0.25) is 5.02 Å². The highest BCUT2D eigenvalue weighted by Gasteiger charge is 2.27. The van der Waals surface area contributed by atoms with Gasteiger partial charge in [-0.1, -0.05) is 23.7 Å². The Morgan fingerprint density at radius 3 is 2.67 bits per heavy atom. The molecule has 1 unspecified atom stereocenters. The van der Waals surface area contributed by atoms with Gasteiger partial charge in [0.15, 0.2) is 0 Å². The van der Waals surface area contributed by atoms with Gasteiger partial charge < -0.3 is 15.7 Å². The predicted molar refractivity (Wildman–Crippen MR) is 102 cm³/mol. The molecule has 144 valence electrons. The monoisotopic (exact) mass is 390 g/mol. The summed E-state index contributed by atoms with van der Waals surface area (Å²) in [4.78, 5) is 30.6. The zero-order chi connectivity index (χ0) is 19.6. The lowest BCUT2D eigenvalue weighted by Gasteiger charge is -2.34. The van der Waals surface area contributed by atoms with Crippen LogP contribution >= 0.6 is 11.6 Å². The molecule has 1 aromatic heterocycles. The zero-order valence-corrected chi connectivity index (χ0v) is 15.6. The topological polar surface area (TPSA) is 109 Å². The number of carboxylic acid groups (broad SMARTS) is 1. The minimum absolute atomic E-state index is 0.0510. The molecule has 3 rings (SSSR count). The number of benzene rings is 1. The van der Waals surface area contributed by atoms with Crippen LogP contribution in [-0.2, 0) is 11.2 Å². The molecule has 7 nitrogen and oxygen atoms in total. The molecule has 1 atom stereocenters. The smallest absolute Gasteiger partial charge is 0.290 e. The Bertz CT molecular complexity index is 737. The van der Waals surface area contributed by atoms with E-state index < -0.39 is 0 Å².